The molecule has 0 atom stereocenters. The lowest BCUT2D eigenvalue weighted by Crippen LogP contribution is -2.18. The molecule has 0 radical (unpaired) electrons. The van der Waals surface area contributed by atoms with Crippen LogP contribution in [0.4, 0.5) is 18.9 Å². The van der Waals surface area contributed by atoms with Crippen molar-refractivity contribution in [3.63, 3.8) is 0 Å². The number of ether oxygens (including phenoxy) is 1. The van der Waals surface area contributed by atoms with Crippen LogP contribution in [0.5, 0.6) is 0 Å². The van der Waals surface area contributed by atoms with E-state index in [1.165, 1.54) is 17.1 Å². The Balaban J connectivity index is 1.96. The van der Waals surface area contributed by atoms with Gasteiger partial charge >= 0.3 is 6.18 Å². The second kappa shape index (κ2) is 6.59. The van der Waals surface area contributed by atoms with E-state index in [0.29, 0.717) is 5.69 Å². The lowest BCUT2D eigenvalue weighted by atomic mass is 10.3. The summed E-state index contributed by atoms with van der Waals surface area (Å²) in [5.41, 5.74) is 0.964. The predicted octanol–water partition coefficient (Wildman–Crippen LogP) is 2.37. The van der Waals surface area contributed by atoms with Gasteiger partial charge in [-0.05, 0) is 6.92 Å². The molecule has 0 fully saturated rings. The number of amides is 1. The van der Waals surface area contributed by atoms with Gasteiger partial charge in [0.15, 0.2) is 5.69 Å². The van der Waals surface area contributed by atoms with Crippen LogP contribution in [-0.4, -0.2) is 38.3 Å². The maximum Gasteiger partial charge on any atom is 0.411 e. The largest absolute Gasteiger partial charge is 0.411 e. The number of aromatic nitrogens is 4. The summed E-state index contributed by atoms with van der Waals surface area (Å²) < 4.78 is 42.9. The molecule has 1 N–H and O–H groups in total. The van der Waals surface area contributed by atoms with Gasteiger partial charge in [0.1, 0.15) is 13.3 Å². The summed E-state index contributed by atoms with van der Waals surface area (Å²) in [5, 5.41) is 10.5. The van der Waals surface area contributed by atoms with Crippen molar-refractivity contribution in [1.29, 1.82) is 0 Å². The van der Waals surface area contributed by atoms with Crippen molar-refractivity contribution in [1.82, 2.24) is 19.6 Å². The highest BCUT2D eigenvalue weighted by atomic mass is 35.5. The molecule has 0 saturated carbocycles. The van der Waals surface area contributed by atoms with Crippen LogP contribution in [0.25, 0.3) is 0 Å². The Labute approximate surface area is 134 Å². The third-order valence-corrected chi connectivity index (χ3v) is 3.31. The molecule has 7 nitrogen and oxygen atoms in total. The van der Waals surface area contributed by atoms with E-state index >= 15 is 0 Å². The molecule has 11 heteroatoms. The summed E-state index contributed by atoms with van der Waals surface area (Å²) in [6, 6.07) is 0. The number of aryl methyl sites for hydroxylation is 1. The van der Waals surface area contributed by atoms with Crippen molar-refractivity contribution in [3.05, 3.63) is 28.8 Å². The number of halogens is 4. The number of alkyl halides is 3. The quantitative estimate of drug-likeness (QED) is 0.897. The highest BCUT2D eigenvalue weighted by molar-refractivity contribution is 6.34. The van der Waals surface area contributed by atoms with Gasteiger partial charge in [-0.2, -0.15) is 23.4 Å². The van der Waals surface area contributed by atoms with Crippen LogP contribution in [0.1, 0.15) is 16.2 Å². The van der Waals surface area contributed by atoms with E-state index in [4.69, 9.17) is 11.6 Å². The Morgan fingerprint density at radius 3 is 2.74 bits per heavy atom. The minimum atomic E-state index is -4.40. The second-order valence-electron chi connectivity index (χ2n) is 4.69. The summed E-state index contributed by atoms with van der Waals surface area (Å²) >= 11 is 6.00. The Bertz CT molecular complexity index is 710. The van der Waals surface area contributed by atoms with Crippen LogP contribution in [-0.2, 0) is 18.5 Å². The van der Waals surface area contributed by atoms with E-state index in [1.807, 2.05) is 0 Å². The summed E-state index contributed by atoms with van der Waals surface area (Å²) in [7, 11) is 1.65. The molecule has 2 aromatic rings. The molecule has 0 aliphatic heterocycles. The molecule has 2 rings (SSSR count). The fourth-order valence-corrected chi connectivity index (χ4v) is 1.92. The van der Waals surface area contributed by atoms with E-state index in [2.05, 4.69) is 20.3 Å². The first kappa shape index (κ1) is 17.3. The molecule has 126 valence electrons. The molecule has 0 bridgehead atoms. The van der Waals surface area contributed by atoms with Gasteiger partial charge in [-0.15, -0.1) is 0 Å². The van der Waals surface area contributed by atoms with Crippen LogP contribution >= 0.6 is 11.6 Å². The number of nitrogens with one attached hydrogen (secondary N) is 1. The van der Waals surface area contributed by atoms with Gasteiger partial charge in [0.25, 0.3) is 5.91 Å². The molecular weight excluding hydrogens is 339 g/mol. The number of carbonyl (C=O) groups excluding carboxylic acids is 1. The summed E-state index contributed by atoms with van der Waals surface area (Å²) in [5.74, 6) is -0.547. The van der Waals surface area contributed by atoms with Gasteiger partial charge < -0.3 is 10.1 Å². The maximum absolute atomic E-state index is 12.1. The van der Waals surface area contributed by atoms with Crippen LogP contribution < -0.4 is 5.32 Å². The van der Waals surface area contributed by atoms with Crippen molar-refractivity contribution in [2.45, 2.75) is 19.8 Å². The van der Waals surface area contributed by atoms with Gasteiger partial charge in [0.2, 0.25) is 0 Å². The van der Waals surface area contributed by atoms with Crippen molar-refractivity contribution in [2.24, 2.45) is 7.05 Å². The van der Waals surface area contributed by atoms with E-state index in [9.17, 15) is 18.0 Å². The second-order valence-corrected chi connectivity index (χ2v) is 5.06. The number of rotatable bonds is 5. The molecule has 0 spiro atoms. The van der Waals surface area contributed by atoms with Crippen LogP contribution in [0, 0.1) is 6.92 Å². The van der Waals surface area contributed by atoms with Crippen LogP contribution in [0.15, 0.2) is 12.4 Å². The van der Waals surface area contributed by atoms with Gasteiger partial charge in [-0.25, -0.2) is 4.68 Å². The fraction of sp³-hybridized carbons (Fsp3) is 0.417. The Morgan fingerprint density at radius 2 is 2.17 bits per heavy atom. The standard InChI is InChI=1S/C12H13ClF3N5O2/c1-7-9(13)10(19-20(7)2)11(22)18-8-3-17-21(4-8)6-23-5-12(14,15)16/h3-4H,5-6H2,1-2H3,(H,18,22). The summed E-state index contributed by atoms with van der Waals surface area (Å²) in [6.07, 6.45) is -1.80. The van der Waals surface area contributed by atoms with Gasteiger partial charge in [-0.1, -0.05) is 11.6 Å². The Morgan fingerprint density at radius 1 is 1.48 bits per heavy atom. The maximum atomic E-state index is 12.1. The number of hydrogen-bond acceptors (Lipinski definition) is 4. The first-order valence-corrected chi connectivity index (χ1v) is 6.72. The third-order valence-electron chi connectivity index (χ3n) is 2.86. The summed E-state index contributed by atoms with van der Waals surface area (Å²) in [4.78, 5) is 12.1. The number of hydrogen-bond donors (Lipinski definition) is 1. The number of nitrogens with zero attached hydrogens (tertiary/aromatic N) is 4. The zero-order valence-corrected chi connectivity index (χ0v) is 12.9. The lowest BCUT2D eigenvalue weighted by Gasteiger charge is -2.07. The smallest absolute Gasteiger partial charge is 0.350 e. The monoisotopic (exact) mass is 351 g/mol. The molecule has 0 saturated heterocycles. The van der Waals surface area contributed by atoms with Crippen molar-refractivity contribution in [2.75, 3.05) is 11.9 Å². The third kappa shape index (κ3) is 4.45. The normalized spacial score (nSPS) is 11.7. The lowest BCUT2D eigenvalue weighted by molar-refractivity contribution is -0.182. The minimum absolute atomic E-state index is 0.0488. The van der Waals surface area contributed by atoms with E-state index in [0.717, 1.165) is 4.68 Å². The van der Waals surface area contributed by atoms with Crippen molar-refractivity contribution < 1.29 is 22.7 Å². The molecule has 0 aromatic carbocycles. The SMILES string of the molecule is Cc1c(Cl)c(C(=O)Nc2cnn(COCC(F)(F)F)c2)nn1C. The Kier molecular flexibility index (Phi) is 4.95. The zero-order chi connectivity index (χ0) is 17.2. The fourth-order valence-electron chi connectivity index (χ4n) is 1.67. The van der Waals surface area contributed by atoms with Crippen LogP contribution in [0.3, 0.4) is 0 Å². The molecule has 0 aliphatic carbocycles. The topological polar surface area (TPSA) is 74.0 Å². The molecule has 2 aromatic heterocycles. The molecule has 2 heterocycles. The van der Waals surface area contributed by atoms with E-state index < -0.39 is 25.4 Å². The first-order chi connectivity index (χ1) is 10.7. The minimum Gasteiger partial charge on any atom is -0.350 e. The van der Waals surface area contributed by atoms with Gasteiger partial charge in [-0.3, -0.25) is 9.48 Å². The average molecular weight is 352 g/mol. The molecule has 1 amide bonds. The van der Waals surface area contributed by atoms with E-state index in [1.54, 1.807) is 14.0 Å². The van der Waals surface area contributed by atoms with E-state index in [-0.39, 0.29) is 16.4 Å². The number of carbonyl (C=O) groups is 1. The Hall–Kier alpha value is -2.07. The molecular formula is C12H13ClF3N5O2. The zero-order valence-electron chi connectivity index (χ0n) is 12.2. The molecule has 23 heavy (non-hydrogen) atoms. The van der Waals surface area contributed by atoms with Gasteiger partial charge in [0, 0.05) is 7.05 Å². The highest BCUT2D eigenvalue weighted by Crippen LogP contribution is 2.20. The first-order valence-electron chi connectivity index (χ1n) is 6.35. The van der Waals surface area contributed by atoms with Gasteiger partial charge in [0.05, 0.1) is 28.8 Å². The molecule has 0 aliphatic rings. The average Bonchev–Trinajstić information content (AvgIpc) is 2.98. The molecule has 0 unspecified atom stereocenters. The highest BCUT2D eigenvalue weighted by Gasteiger charge is 2.27. The van der Waals surface area contributed by atoms with Crippen molar-refractivity contribution >= 4 is 23.2 Å². The predicted molar refractivity (Wildman–Crippen MR) is 75.1 cm³/mol. The van der Waals surface area contributed by atoms with Crippen molar-refractivity contribution in [3.8, 4) is 0 Å². The number of anilines is 1. The van der Waals surface area contributed by atoms with Crippen LogP contribution in [0.2, 0.25) is 5.02 Å². The summed E-state index contributed by atoms with van der Waals surface area (Å²) in [6.45, 7) is -0.0572.